The second-order valence-electron chi connectivity index (χ2n) is 3.16. The van der Waals surface area contributed by atoms with Crippen molar-refractivity contribution in [3.05, 3.63) is 52.8 Å². The molecular weight excluding hydrogens is 206 g/mol. The third-order valence-corrected chi connectivity index (χ3v) is 2.85. The number of thioether (sulfide) groups is 1. The van der Waals surface area contributed by atoms with Crippen molar-refractivity contribution in [2.24, 2.45) is 0 Å². The lowest BCUT2D eigenvalue weighted by Crippen LogP contribution is -2.05. The minimum atomic E-state index is -0.0549. The van der Waals surface area contributed by atoms with E-state index in [1.807, 2.05) is 42.7 Å². The van der Waals surface area contributed by atoms with E-state index in [4.69, 9.17) is 0 Å². The Kier molecular flexibility index (Phi) is 2.92. The van der Waals surface area contributed by atoms with E-state index < -0.39 is 0 Å². The van der Waals surface area contributed by atoms with E-state index in [1.165, 1.54) is 0 Å². The lowest BCUT2D eigenvalue weighted by Gasteiger charge is -2.02. The van der Waals surface area contributed by atoms with Gasteiger partial charge in [0.05, 0.1) is 0 Å². The topological polar surface area (TPSA) is 32.9 Å². The lowest BCUT2D eigenvalue weighted by atomic mass is 10.1. The normalized spacial score (nSPS) is 10.2. The molecule has 0 atom stereocenters. The highest BCUT2D eigenvalue weighted by Gasteiger charge is 2.00. The quantitative estimate of drug-likeness (QED) is 0.785. The monoisotopic (exact) mass is 217 g/mol. The fraction of sp³-hybridized carbons (Fsp3) is 0.0833. The molecule has 76 valence electrons. The summed E-state index contributed by atoms with van der Waals surface area (Å²) in [5.41, 5.74) is 1.85. The van der Waals surface area contributed by atoms with Crippen LogP contribution in [0, 0.1) is 0 Å². The summed E-state index contributed by atoms with van der Waals surface area (Å²) in [6, 6.07) is 13.4. The van der Waals surface area contributed by atoms with Crippen LogP contribution in [-0.2, 0) is 0 Å². The number of aromatic nitrogens is 1. The van der Waals surface area contributed by atoms with Gasteiger partial charge in [0.2, 0.25) is 5.56 Å². The van der Waals surface area contributed by atoms with Crippen LogP contribution in [0.2, 0.25) is 0 Å². The molecule has 1 N–H and O–H groups in total. The lowest BCUT2D eigenvalue weighted by molar-refractivity contribution is 1.19. The summed E-state index contributed by atoms with van der Waals surface area (Å²) in [5.74, 6) is 0. The van der Waals surface area contributed by atoms with Crippen LogP contribution in [0.1, 0.15) is 0 Å². The van der Waals surface area contributed by atoms with E-state index in [-0.39, 0.29) is 5.56 Å². The van der Waals surface area contributed by atoms with Crippen molar-refractivity contribution < 1.29 is 0 Å². The Hall–Kier alpha value is -1.48. The van der Waals surface area contributed by atoms with Gasteiger partial charge in [-0.25, -0.2) is 0 Å². The Bertz CT molecular complexity index is 505. The molecule has 1 aromatic heterocycles. The fourth-order valence-electron chi connectivity index (χ4n) is 1.41. The summed E-state index contributed by atoms with van der Waals surface area (Å²) in [4.78, 5) is 15.2. The summed E-state index contributed by atoms with van der Waals surface area (Å²) >= 11 is 1.57. The maximum atomic E-state index is 11.4. The zero-order chi connectivity index (χ0) is 10.7. The third-order valence-electron chi connectivity index (χ3n) is 2.14. The highest BCUT2D eigenvalue weighted by Crippen LogP contribution is 2.20. The maximum absolute atomic E-state index is 11.4. The number of aromatic amines is 1. The highest BCUT2D eigenvalue weighted by molar-refractivity contribution is 7.98. The van der Waals surface area contributed by atoms with E-state index in [9.17, 15) is 4.79 Å². The van der Waals surface area contributed by atoms with Crippen LogP contribution in [0.3, 0.4) is 0 Å². The van der Waals surface area contributed by atoms with E-state index in [0.29, 0.717) is 0 Å². The van der Waals surface area contributed by atoms with Crippen LogP contribution < -0.4 is 5.56 Å². The zero-order valence-electron chi connectivity index (χ0n) is 8.36. The molecule has 1 aromatic carbocycles. The molecule has 0 fully saturated rings. The van der Waals surface area contributed by atoms with Crippen molar-refractivity contribution in [2.45, 2.75) is 4.90 Å². The van der Waals surface area contributed by atoms with E-state index in [2.05, 4.69) is 4.98 Å². The van der Waals surface area contributed by atoms with E-state index in [1.54, 1.807) is 17.8 Å². The first kappa shape index (κ1) is 10.1. The molecule has 0 radical (unpaired) electrons. The second kappa shape index (κ2) is 4.36. The standard InChI is InChI=1S/C12H11NOS/c1-15-10-7-11(13-12(14)8-10)9-5-3-2-4-6-9/h2-8H,1H3,(H,13,14). The summed E-state index contributed by atoms with van der Waals surface area (Å²) in [6.45, 7) is 0. The van der Waals surface area contributed by atoms with Gasteiger partial charge in [-0.15, -0.1) is 11.8 Å². The SMILES string of the molecule is CSc1cc(-c2ccccc2)[nH]c(=O)c1. The molecule has 0 bridgehead atoms. The molecule has 0 aliphatic carbocycles. The van der Waals surface area contributed by atoms with Crippen molar-refractivity contribution in [3.8, 4) is 11.3 Å². The van der Waals surface area contributed by atoms with Crippen LogP contribution in [0.5, 0.6) is 0 Å². The Morgan fingerprint density at radius 3 is 2.53 bits per heavy atom. The second-order valence-corrected chi connectivity index (χ2v) is 4.04. The summed E-state index contributed by atoms with van der Waals surface area (Å²) in [6.07, 6.45) is 1.96. The molecular formula is C12H11NOS. The fourth-order valence-corrected chi connectivity index (χ4v) is 1.87. The Morgan fingerprint density at radius 2 is 1.87 bits per heavy atom. The number of benzene rings is 1. The van der Waals surface area contributed by atoms with Gasteiger partial charge in [-0.1, -0.05) is 30.3 Å². The van der Waals surface area contributed by atoms with Crippen LogP contribution in [0.4, 0.5) is 0 Å². The Balaban J connectivity index is 2.54. The minimum absolute atomic E-state index is 0.0549. The molecule has 0 spiro atoms. The Labute approximate surface area is 92.4 Å². The first-order valence-electron chi connectivity index (χ1n) is 4.63. The van der Waals surface area contributed by atoms with Crippen molar-refractivity contribution in [3.63, 3.8) is 0 Å². The van der Waals surface area contributed by atoms with E-state index >= 15 is 0 Å². The van der Waals surface area contributed by atoms with Gasteiger partial charge in [-0.05, 0) is 17.9 Å². The molecule has 1 heterocycles. The van der Waals surface area contributed by atoms with Gasteiger partial charge in [0.25, 0.3) is 0 Å². The van der Waals surface area contributed by atoms with Gasteiger partial charge in [-0.3, -0.25) is 4.79 Å². The largest absolute Gasteiger partial charge is 0.322 e. The molecule has 2 nitrogen and oxygen atoms in total. The molecule has 2 aromatic rings. The summed E-state index contributed by atoms with van der Waals surface area (Å²) < 4.78 is 0. The molecule has 0 aliphatic rings. The number of H-pyrrole nitrogens is 1. The number of pyridine rings is 1. The summed E-state index contributed by atoms with van der Waals surface area (Å²) in [7, 11) is 0. The first-order chi connectivity index (χ1) is 7.29. The first-order valence-corrected chi connectivity index (χ1v) is 5.86. The van der Waals surface area contributed by atoms with Crippen LogP contribution in [0.25, 0.3) is 11.3 Å². The Morgan fingerprint density at radius 1 is 1.13 bits per heavy atom. The van der Waals surface area contributed by atoms with Gasteiger partial charge < -0.3 is 4.98 Å². The molecule has 2 rings (SSSR count). The predicted molar refractivity (Wildman–Crippen MR) is 64.3 cm³/mol. The third kappa shape index (κ3) is 2.30. The van der Waals surface area contributed by atoms with Gasteiger partial charge in [0.1, 0.15) is 0 Å². The van der Waals surface area contributed by atoms with Crippen LogP contribution in [-0.4, -0.2) is 11.2 Å². The number of rotatable bonds is 2. The van der Waals surface area contributed by atoms with Gasteiger partial charge in [0.15, 0.2) is 0 Å². The maximum Gasteiger partial charge on any atom is 0.249 e. The number of hydrogen-bond donors (Lipinski definition) is 1. The molecule has 0 saturated carbocycles. The van der Waals surface area contributed by atoms with Crippen molar-refractivity contribution in [1.82, 2.24) is 4.98 Å². The average molecular weight is 217 g/mol. The van der Waals surface area contributed by atoms with Crippen molar-refractivity contribution >= 4 is 11.8 Å². The molecule has 15 heavy (non-hydrogen) atoms. The molecule has 0 unspecified atom stereocenters. The number of hydrogen-bond acceptors (Lipinski definition) is 2. The minimum Gasteiger partial charge on any atom is -0.322 e. The zero-order valence-corrected chi connectivity index (χ0v) is 9.17. The number of nitrogens with one attached hydrogen (secondary N) is 1. The average Bonchev–Trinajstić information content (AvgIpc) is 2.29. The van der Waals surface area contributed by atoms with Gasteiger partial charge >= 0.3 is 0 Å². The molecule has 0 amide bonds. The smallest absolute Gasteiger partial charge is 0.249 e. The molecule has 0 aliphatic heterocycles. The van der Waals surface area contributed by atoms with Crippen LogP contribution >= 0.6 is 11.8 Å². The molecule has 3 heteroatoms. The van der Waals surface area contributed by atoms with Crippen molar-refractivity contribution in [2.75, 3.05) is 6.26 Å². The van der Waals surface area contributed by atoms with Gasteiger partial charge in [-0.2, -0.15) is 0 Å². The van der Waals surface area contributed by atoms with Gasteiger partial charge in [0, 0.05) is 16.7 Å². The van der Waals surface area contributed by atoms with Crippen LogP contribution in [0.15, 0.2) is 52.2 Å². The summed E-state index contributed by atoms with van der Waals surface area (Å²) in [5, 5.41) is 0. The molecule has 0 saturated heterocycles. The highest BCUT2D eigenvalue weighted by atomic mass is 32.2. The van der Waals surface area contributed by atoms with E-state index in [0.717, 1.165) is 16.2 Å². The predicted octanol–water partition coefficient (Wildman–Crippen LogP) is 2.76. The van der Waals surface area contributed by atoms with Crippen molar-refractivity contribution in [1.29, 1.82) is 0 Å².